The number of carbonyl (C=O) groups is 2. The van der Waals surface area contributed by atoms with Crippen molar-refractivity contribution in [3.05, 3.63) is 59.8 Å². The Morgan fingerprint density at radius 3 is 2.70 bits per heavy atom. The van der Waals surface area contributed by atoms with Gasteiger partial charge in [0.15, 0.2) is 0 Å². The van der Waals surface area contributed by atoms with E-state index in [1.54, 1.807) is 11.8 Å². The number of hydrogen-bond donors (Lipinski definition) is 2. The molecule has 1 aliphatic heterocycles. The molecule has 0 saturated heterocycles. The topological polar surface area (TPSA) is 85.2 Å². The van der Waals surface area contributed by atoms with E-state index in [1.165, 1.54) is 5.56 Å². The van der Waals surface area contributed by atoms with Gasteiger partial charge in [0, 0.05) is 11.3 Å². The molecule has 1 unspecified atom stereocenters. The molecule has 0 fully saturated rings. The largest absolute Gasteiger partial charge is 0.497 e. The van der Waals surface area contributed by atoms with Crippen LogP contribution in [-0.4, -0.2) is 28.7 Å². The van der Waals surface area contributed by atoms with E-state index in [1.807, 2.05) is 55.5 Å². The van der Waals surface area contributed by atoms with Gasteiger partial charge in [-0.25, -0.2) is 4.68 Å². The Labute approximate surface area is 175 Å². The smallest absolute Gasteiger partial charge is 0.251 e. The maximum Gasteiger partial charge on any atom is 0.251 e. The van der Waals surface area contributed by atoms with Crippen LogP contribution < -0.4 is 15.4 Å². The first-order valence-electron chi connectivity index (χ1n) is 9.93. The zero-order valence-corrected chi connectivity index (χ0v) is 17.2. The summed E-state index contributed by atoms with van der Waals surface area (Å²) >= 11 is 0. The molecule has 4 rings (SSSR count). The van der Waals surface area contributed by atoms with Crippen molar-refractivity contribution >= 4 is 23.3 Å². The summed E-state index contributed by atoms with van der Waals surface area (Å²) in [6.45, 7) is 3.97. The Morgan fingerprint density at radius 2 is 2.00 bits per heavy atom. The fraction of sp³-hybridized carbons (Fsp3) is 0.261. The molecule has 1 aromatic heterocycles. The van der Waals surface area contributed by atoms with E-state index in [4.69, 9.17) is 4.74 Å². The van der Waals surface area contributed by atoms with Crippen molar-refractivity contribution in [1.82, 2.24) is 9.78 Å². The highest BCUT2D eigenvalue weighted by Crippen LogP contribution is 2.39. The fourth-order valence-electron chi connectivity index (χ4n) is 3.72. The quantitative estimate of drug-likeness (QED) is 0.651. The monoisotopic (exact) mass is 404 g/mol. The number of nitrogens with one attached hydrogen (secondary N) is 2. The van der Waals surface area contributed by atoms with Crippen LogP contribution in [0.15, 0.2) is 48.5 Å². The number of ether oxygens (including phenoxy) is 1. The second kappa shape index (κ2) is 8.02. The molecule has 0 saturated carbocycles. The van der Waals surface area contributed by atoms with Gasteiger partial charge in [-0.2, -0.15) is 5.10 Å². The van der Waals surface area contributed by atoms with Gasteiger partial charge in [0.25, 0.3) is 5.91 Å². The van der Waals surface area contributed by atoms with E-state index >= 15 is 0 Å². The summed E-state index contributed by atoms with van der Waals surface area (Å²) < 4.78 is 6.93. The second-order valence-electron chi connectivity index (χ2n) is 7.29. The third-order valence-electron chi connectivity index (χ3n) is 5.31. The summed E-state index contributed by atoms with van der Waals surface area (Å²) in [4.78, 5) is 25.2. The van der Waals surface area contributed by atoms with Crippen molar-refractivity contribution in [2.45, 2.75) is 32.7 Å². The van der Waals surface area contributed by atoms with E-state index in [9.17, 15) is 9.59 Å². The average molecular weight is 404 g/mol. The van der Waals surface area contributed by atoms with Gasteiger partial charge in [0.1, 0.15) is 17.6 Å². The molecule has 154 valence electrons. The number of nitrogens with zero attached hydrogens (tertiary/aromatic N) is 2. The van der Waals surface area contributed by atoms with Crippen molar-refractivity contribution in [3.8, 4) is 16.9 Å². The van der Waals surface area contributed by atoms with E-state index in [0.717, 1.165) is 29.0 Å². The zero-order chi connectivity index (χ0) is 21.3. The lowest BCUT2D eigenvalue weighted by Crippen LogP contribution is -2.23. The molecule has 7 nitrogen and oxygen atoms in total. The van der Waals surface area contributed by atoms with Crippen molar-refractivity contribution in [1.29, 1.82) is 0 Å². The summed E-state index contributed by atoms with van der Waals surface area (Å²) in [5, 5.41) is 10.3. The molecule has 1 aliphatic rings. The number of carbonyl (C=O) groups excluding carboxylic acids is 2. The SMILES string of the molecule is CCc1ccc(NC(=O)CC2C(=O)Nc3c(-c4cccc(OC)c4)c(C)nn32)cc1. The number of aromatic nitrogens is 2. The first-order chi connectivity index (χ1) is 14.5. The summed E-state index contributed by atoms with van der Waals surface area (Å²) in [7, 11) is 1.61. The Bertz CT molecular complexity index is 1100. The molecule has 7 heteroatoms. The van der Waals surface area contributed by atoms with Crippen LogP contribution >= 0.6 is 0 Å². The molecule has 0 bridgehead atoms. The highest BCUT2D eigenvalue weighted by Gasteiger charge is 2.36. The maximum atomic E-state index is 12.6. The molecule has 2 N–H and O–H groups in total. The van der Waals surface area contributed by atoms with Gasteiger partial charge < -0.3 is 15.4 Å². The van der Waals surface area contributed by atoms with Gasteiger partial charge in [-0.3, -0.25) is 9.59 Å². The van der Waals surface area contributed by atoms with Crippen molar-refractivity contribution in [2.75, 3.05) is 17.7 Å². The predicted octanol–water partition coefficient (Wildman–Crippen LogP) is 3.95. The highest BCUT2D eigenvalue weighted by atomic mass is 16.5. The number of hydrogen-bond acceptors (Lipinski definition) is 4. The minimum absolute atomic E-state index is 0.00698. The number of rotatable bonds is 6. The molecule has 2 heterocycles. The molecule has 30 heavy (non-hydrogen) atoms. The van der Waals surface area contributed by atoms with Gasteiger partial charge in [-0.15, -0.1) is 0 Å². The third-order valence-corrected chi connectivity index (χ3v) is 5.31. The van der Waals surface area contributed by atoms with Gasteiger partial charge in [0.05, 0.1) is 19.2 Å². The van der Waals surface area contributed by atoms with E-state index < -0.39 is 6.04 Å². The lowest BCUT2D eigenvalue weighted by molar-refractivity contribution is -0.123. The van der Waals surface area contributed by atoms with Crippen LogP contribution in [-0.2, 0) is 16.0 Å². The first-order valence-corrected chi connectivity index (χ1v) is 9.93. The molecule has 0 aliphatic carbocycles. The van der Waals surface area contributed by atoms with Gasteiger partial charge in [-0.05, 0) is 48.7 Å². The highest BCUT2D eigenvalue weighted by molar-refractivity contribution is 6.04. The van der Waals surface area contributed by atoms with Crippen LogP contribution in [0, 0.1) is 6.92 Å². The van der Waals surface area contributed by atoms with Crippen LogP contribution in [0.3, 0.4) is 0 Å². The Hall–Kier alpha value is -3.61. The van der Waals surface area contributed by atoms with Crippen molar-refractivity contribution in [3.63, 3.8) is 0 Å². The molecule has 3 aromatic rings. The molecular weight excluding hydrogens is 380 g/mol. The summed E-state index contributed by atoms with van der Waals surface area (Å²) in [6.07, 6.45) is 0.945. The van der Waals surface area contributed by atoms with E-state index in [0.29, 0.717) is 11.5 Å². The Morgan fingerprint density at radius 1 is 1.23 bits per heavy atom. The third kappa shape index (κ3) is 3.66. The predicted molar refractivity (Wildman–Crippen MR) is 116 cm³/mol. The maximum absolute atomic E-state index is 12.6. The van der Waals surface area contributed by atoms with Crippen molar-refractivity contribution in [2.24, 2.45) is 0 Å². The fourth-order valence-corrected chi connectivity index (χ4v) is 3.72. The summed E-state index contributed by atoms with van der Waals surface area (Å²) in [5.41, 5.74) is 4.42. The number of anilines is 2. The van der Waals surface area contributed by atoms with Crippen molar-refractivity contribution < 1.29 is 14.3 Å². The molecule has 0 radical (unpaired) electrons. The van der Waals surface area contributed by atoms with Gasteiger partial charge in [-0.1, -0.05) is 31.2 Å². The van der Waals surface area contributed by atoms with E-state index in [2.05, 4.69) is 22.7 Å². The van der Waals surface area contributed by atoms with Gasteiger partial charge in [0.2, 0.25) is 5.91 Å². The number of aryl methyl sites for hydroxylation is 2. The summed E-state index contributed by atoms with van der Waals surface area (Å²) in [6, 6.07) is 14.6. The van der Waals surface area contributed by atoms with Crippen LogP contribution in [0.2, 0.25) is 0 Å². The molecule has 0 spiro atoms. The van der Waals surface area contributed by atoms with Crippen LogP contribution in [0.5, 0.6) is 5.75 Å². The molecule has 2 aromatic carbocycles. The minimum atomic E-state index is -0.687. The second-order valence-corrected chi connectivity index (χ2v) is 7.29. The minimum Gasteiger partial charge on any atom is -0.497 e. The normalized spacial score (nSPS) is 14.9. The van der Waals surface area contributed by atoms with Crippen LogP contribution in [0.1, 0.15) is 30.6 Å². The Balaban J connectivity index is 1.56. The molecule has 2 amide bonds. The number of methoxy groups -OCH3 is 1. The van der Waals surface area contributed by atoms with Gasteiger partial charge >= 0.3 is 0 Å². The standard InChI is InChI=1S/C23H24N4O3/c1-4-15-8-10-17(11-9-15)24-20(28)13-19-23(29)25-22-21(14(2)26-27(19)22)16-6-5-7-18(12-16)30-3/h5-12,19H,4,13H2,1-3H3,(H,24,28)(H,25,29). The number of benzene rings is 2. The van der Waals surface area contributed by atoms with E-state index in [-0.39, 0.29) is 18.2 Å². The summed E-state index contributed by atoms with van der Waals surface area (Å²) in [5.74, 6) is 0.860. The van der Waals surface area contributed by atoms with Crippen LogP contribution in [0.4, 0.5) is 11.5 Å². The van der Waals surface area contributed by atoms with Crippen LogP contribution in [0.25, 0.3) is 11.1 Å². The zero-order valence-electron chi connectivity index (χ0n) is 17.2. The lowest BCUT2D eigenvalue weighted by Gasteiger charge is -2.10. The first kappa shape index (κ1) is 19.7. The average Bonchev–Trinajstić information content (AvgIpc) is 3.22. The lowest BCUT2D eigenvalue weighted by atomic mass is 10.1. The number of fused-ring (bicyclic) bond motifs is 1. The number of amides is 2. The molecule has 1 atom stereocenters. The molecular formula is C23H24N4O3. The Kier molecular flexibility index (Phi) is 5.27.